The Balaban J connectivity index is 1.34. The first-order valence-electron chi connectivity index (χ1n) is 13.3. The van der Waals surface area contributed by atoms with Crippen LogP contribution in [0.15, 0.2) is 40.8 Å². The lowest BCUT2D eigenvalue weighted by Crippen LogP contribution is -1.98. The Hall–Kier alpha value is -4.52. The minimum Gasteiger partial charge on any atom is -0.456 e. The van der Waals surface area contributed by atoms with E-state index in [1.54, 1.807) is 9.59 Å². The second kappa shape index (κ2) is 7.99. The number of hydrogen-bond donors (Lipinski definition) is 0. The third-order valence-electron chi connectivity index (χ3n) is 8.93. The van der Waals surface area contributed by atoms with E-state index in [-0.39, 0.29) is 0 Å². The smallest absolute Gasteiger partial charge is 0.137 e. The summed E-state index contributed by atoms with van der Waals surface area (Å²) >= 11 is 0. The van der Waals surface area contributed by atoms with Crippen LogP contribution in [0.3, 0.4) is 0 Å². The fourth-order valence-electron chi connectivity index (χ4n) is 5.69. The number of aryl methyl sites for hydroxylation is 4. The summed E-state index contributed by atoms with van der Waals surface area (Å²) in [7, 11) is 0. The summed E-state index contributed by atoms with van der Waals surface area (Å²) < 4.78 is 6.36. The van der Waals surface area contributed by atoms with Gasteiger partial charge in [-0.05, 0) is 124 Å². The van der Waals surface area contributed by atoms with Crippen LogP contribution in [0.5, 0.6) is 0 Å². The molecule has 4 aromatic carbocycles. The number of fused-ring (bicyclic) bond motifs is 5. The predicted octanol–water partition coefficient (Wildman–Crippen LogP) is 7.52. The molecule has 39 heavy (non-hydrogen) atoms. The second-order valence-electron chi connectivity index (χ2n) is 10.8. The summed E-state index contributed by atoms with van der Waals surface area (Å²) in [6.45, 7) is 17.1. The Morgan fingerprint density at radius 2 is 0.744 bits per heavy atom. The van der Waals surface area contributed by atoms with Gasteiger partial charge in [0.25, 0.3) is 0 Å². The van der Waals surface area contributed by atoms with Crippen LogP contribution in [-0.4, -0.2) is 30.0 Å². The average molecular weight is 515 g/mol. The van der Waals surface area contributed by atoms with E-state index in [1.807, 2.05) is 24.3 Å². The zero-order chi connectivity index (χ0) is 27.3. The van der Waals surface area contributed by atoms with Gasteiger partial charge in [0.15, 0.2) is 0 Å². The van der Waals surface area contributed by atoms with Gasteiger partial charge >= 0.3 is 0 Å². The lowest BCUT2D eigenvalue weighted by molar-refractivity contribution is 0.664. The van der Waals surface area contributed by atoms with Crippen molar-refractivity contribution in [1.29, 1.82) is 0 Å². The van der Waals surface area contributed by atoms with E-state index in [4.69, 9.17) is 24.8 Å². The molecule has 0 saturated heterocycles. The molecule has 7 heteroatoms. The molecule has 0 aliphatic carbocycles. The SMILES string of the molecule is Cc1c(C)c(C)c2nn(-c3ccc4c(c3)oc3cc(-n5nc6c(C)c(C)c(C)c(C)c6n5)ccc34)nc2c1C. The number of furan rings is 1. The summed E-state index contributed by atoms with van der Waals surface area (Å²) in [6, 6.07) is 12.3. The molecule has 7 nitrogen and oxygen atoms in total. The monoisotopic (exact) mass is 514 g/mol. The van der Waals surface area contributed by atoms with E-state index in [9.17, 15) is 0 Å². The highest BCUT2D eigenvalue weighted by Gasteiger charge is 2.18. The van der Waals surface area contributed by atoms with Gasteiger partial charge < -0.3 is 4.42 Å². The molecular weight excluding hydrogens is 484 g/mol. The van der Waals surface area contributed by atoms with Crippen LogP contribution in [0.1, 0.15) is 44.5 Å². The van der Waals surface area contributed by atoms with E-state index in [2.05, 4.69) is 67.5 Å². The molecule has 0 unspecified atom stereocenters. The first kappa shape index (κ1) is 23.6. The normalized spacial score (nSPS) is 12.1. The maximum atomic E-state index is 6.36. The molecule has 3 aromatic heterocycles. The van der Waals surface area contributed by atoms with Gasteiger partial charge in [0.2, 0.25) is 0 Å². The van der Waals surface area contributed by atoms with Crippen molar-refractivity contribution in [3.05, 3.63) is 80.9 Å². The maximum Gasteiger partial charge on any atom is 0.137 e. The molecule has 194 valence electrons. The fraction of sp³-hybridized carbons (Fsp3) is 0.250. The molecule has 0 fully saturated rings. The maximum absolute atomic E-state index is 6.36. The minimum absolute atomic E-state index is 0.790. The Kier molecular flexibility index (Phi) is 4.83. The molecule has 0 saturated carbocycles. The minimum atomic E-state index is 0.790. The quantitative estimate of drug-likeness (QED) is 0.238. The first-order valence-corrected chi connectivity index (χ1v) is 13.3. The van der Waals surface area contributed by atoms with Crippen LogP contribution in [0.4, 0.5) is 0 Å². The molecule has 0 bridgehead atoms. The van der Waals surface area contributed by atoms with Crippen LogP contribution in [0.2, 0.25) is 0 Å². The Morgan fingerprint density at radius 1 is 0.436 bits per heavy atom. The molecule has 0 spiro atoms. The Morgan fingerprint density at radius 3 is 1.05 bits per heavy atom. The van der Waals surface area contributed by atoms with Gasteiger partial charge in [-0.2, -0.15) is 9.59 Å². The summed E-state index contributed by atoms with van der Waals surface area (Å²) in [5.74, 6) is 0. The van der Waals surface area contributed by atoms with E-state index in [1.165, 1.54) is 44.5 Å². The van der Waals surface area contributed by atoms with Crippen LogP contribution < -0.4 is 0 Å². The molecule has 0 aliphatic rings. The molecule has 7 rings (SSSR count). The Bertz CT molecular complexity index is 1920. The van der Waals surface area contributed by atoms with Crippen molar-refractivity contribution in [2.45, 2.75) is 55.4 Å². The van der Waals surface area contributed by atoms with Crippen molar-refractivity contribution in [3.8, 4) is 11.4 Å². The number of aromatic nitrogens is 6. The summed E-state index contributed by atoms with van der Waals surface area (Å²) in [5, 5.41) is 21.5. The highest BCUT2D eigenvalue weighted by atomic mass is 16.3. The van der Waals surface area contributed by atoms with E-state index < -0.39 is 0 Å². The molecule has 0 radical (unpaired) electrons. The summed E-state index contributed by atoms with van der Waals surface area (Å²) in [5.41, 5.74) is 16.9. The zero-order valence-electron chi connectivity index (χ0n) is 23.6. The van der Waals surface area contributed by atoms with Gasteiger partial charge in [0.1, 0.15) is 33.2 Å². The summed E-state index contributed by atoms with van der Waals surface area (Å²) in [6.07, 6.45) is 0. The zero-order valence-corrected chi connectivity index (χ0v) is 23.6. The Labute approximate surface area is 226 Å². The number of rotatable bonds is 2. The van der Waals surface area contributed by atoms with Gasteiger partial charge in [0.05, 0.1) is 11.4 Å². The highest BCUT2D eigenvalue weighted by molar-refractivity contribution is 6.05. The second-order valence-corrected chi connectivity index (χ2v) is 10.8. The molecule has 3 heterocycles. The molecular formula is C32H30N6O. The summed E-state index contributed by atoms with van der Waals surface area (Å²) in [4.78, 5) is 3.44. The highest BCUT2D eigenvalue weighted by Crippen LogP contribution is 2.33. The lowest BCUT2D eigenvalue weighted by Gasteiger charge is -2.07. The molecule has 0 atom stereocenters. The van der Waals surface area contributed by atoms with E-state index in [0.717, 1.165) is 55.4 Å². The number of hydrogen-bond acceptors (Lipinski definition) is 5. The topological polar surface area (TPSA) is 74.6 Å². The number of benzene rings is 4. The van der Waals surface area contributed by atoms with Crippen molar-refractivity contribution < 1.29 is 4.42 Å². The van der Waals surface area contributed by atoms with Gasteiger partial charge in [-0.3, -0.25) is 0 Å². The van der Waals surface area contributed by atoms with Crippen LogP contribution >= 0.6 is 0 Å². The first-order chi connectivity index (χ1) is 18.6. The van der Waals surface area contributed by atoms with Gasteiger partial charge in [-0.15, -0.1) is 20.4 Å². The fourth-order valence-corrected chi connectivity index (χ4v) is 5.69. The van der Waals surface area contributed by atoms with E-state index in [0.29, 0.717) is 0 Å². The third kappa shape index (κ3) is 3.22. The van der Waals surface area contributed by atoms with Crippen LogP contribution in [0, 0.1) is 55.4 Å². The number of nitrogens with zero attached hydrogens (tertiary/aromatic N) is 6. The van der Waals surface area contributed by atoms with Crippen molar-refractivity contribution in [2.24, 2.45) is 0 Å². The van der Waals surface area contributed by atoms with Gasteiger partial charge in [-0.25, -0.2) is 0 Å². The van der Waals surface area contributed by atoms with Crippen molar-refractivity contribution >= 4 is 44.0 Å². The van der Waals surface area contributed by atoms with Crippen molar-refractivity contribution in [3.63, 3.8) is 0 Å². The third-order valence-corrected chi connectivity index (χ3v) is 8.93. The largest absolute Gasteiger partial charge is 0.456 e. The molecule has 0 aliphatic heterocycles. The molecule has 0 N–H and O–H groups in total. The standard InChI is InChI=1S/C32H30N6O/c1-15-16(2)20(6)30-29(19(15)5)33-37(34-30)23-9-11-25-26-12-10-24(14-28(26)39-27(25)13-23)38-35-31-21(7)17(3)18(4)22(8)32(31)36-38/h9-14H,1-8H3. The average Bonchev–Trinajstić information content (AvgIpc) is 3.67. The van der Waals surface area contributed by atoms with Gasteiger partial charge in [0, 0.05) is 22.9 Å². The lowest BCUT2D eigenvalue weighted by atomic mass is 9.98. The molecule has 0 amide bonds. The van der Waals surface area contributed by atoms with Crippen molar-refractivity contribution in [1.82, 2.24) is 30.0 Å². The van der Waals surface area contributed by atoms with Crippen LogP contribution in [-0.2, 0) is 0 Å². The molecule has 7 aromatic rings. The van der Waals surface area contributed by atoms with Gasteiger partial charge in [-0.1, -0.05) is 0 Å². The van der Waals surface area contributed by atoms with E-state index >= 15 is 0 Å². The van der Waals surface area contributed by atoms with Crippen molar-refractivity contribution in [2.75, 3.05) is 0 Å². The predicted molar refractivity (Wildman–Crippen MR) is 156 cm³/mol. The van der Waals surface area contributed by atoms with Crippen LogP contribution in [0.25, 0.3) is 55.4 Å².